The number of carboxylic acids is 1. The molecule has 0 aliphatic carbocycles. The molecule has 2 heterocycles. The summed E-state index contributed by atoms with van der Waals surface area (Å²) in [7, 11) is 0. The molecule has 2 amide bonds. The van der Waals surface area contributed by atoms with Crippen molar-refractivity contribution >= 4 is 23.3 Å². The molecule has 1 fully saturated rings. The zero-order valence-corrected chi connectivity index (χ0v) is 12.2. The van der Waals surface area contributed by atoms with E-state index in [0.717, 1.165) is 11.3 Å². The van der Waals surface area contributed by atoms with Crippen LogP contribution in [-0.4, -0.2) is 50.8 Å². The standard InChI is InChI=1S/C12H17N3O4S/c1-7-9(10(16)17)20-8(14-7)5-13-11(18)15-4-3-12(2,19)6-15/h19H,3-6H2,1-2H3,(H,13,18)(H,16,17). The number of aromatic nitrogens is 1. The molecule has 1 aromatic rings. The van der Waals surface area contributed by atoms with E-state index in [-0.39, 0.29) is 17.5 Å². The van der Waals surface area contributed by atoms with Crippen LogP contribution in [0.25, 0.3) is 0 Å². The van der Waals surface area contributed by atoms with Gasteiger partial charge in [0.2, 0.25) is 0 Å². The molecule has 0 saturated carbocycles. The Hall–Kier alpha value is -1.67. The lowest BCUT2D eigenvalue weighted by Crippen LogP contribution is -2.40. The van der Waals surface area contributed by atoms with E-state index in [1.165, 1.54) is 0 Å². The van der Waals surface area contributed by atoms with Crippen molar-refractivity contribution in [2.24, 2.45) is 0 Å². The molecule has 1 aliphatic rings. The van der Waals surface area contributed by atoms with Crippen LogP contribution in [0.2, 0.25) is 0 Å². The summed E-state index contributed by atoms with van der Waals surface area (Å²) in [5.74, 6) is -1.01. The van der Waals surface area contributed by atoms with E-state index in [2.05, 4.69) is 10.3 Å². The van der Waals surface area contributed by atoms with Gasteiger partial charge in [-0.2, -0.15) is 0 Å². The number of carboxylic acid groups (broad SMARTS) is 1. The number of aromatic carboxylic acids is 1. The molecule has 0 aromatic carbocycles. The fraction of sp³-hybridized carbons (Fsp3) is 0.583. The maximum Gasteiger partial charge on any atom is 0.347 e. The van der Waals surface area contributed by atoms with Gasteiger partial charge in [0.25, 0.3) is 0 Å². The van der Waals surface area contributed by atoms with Crippen LogP contribution in [0, 0.1) is 6.92 Å². The minimum absolute atomic E-state index is 0.191. The summed E-state index contributed by atoms with van der Waals surface area (Å²) in [5, 5.41) is 22.0. The Bertz CT molecular complexity index is 541. The van der Waals surface area contributed by atoms with Gasteiger partial charge in [-0.15, -0.1) is 11.3 Å². The lowest BCUT2D eigenvalue weighted by atomic mass is 10.1. The molecule has 2 rings (SSSR count). The molecule has 110 valence electrons. The first kappa shape index (κ1) is 14.7. The van der Waals surface area contributed by atoms with Gasteiger partial charge in [-0.3, -0.25) is 0 Å². The number of likely N-dealkylation sites (tertiary alicyclic amines) is 1. The predicted octanol–water partition coefficient (Wildman–Crippen LogP) is 0.816. The molecule has 0 radical (unpaired) electrons. The minimum Gasteiger partial charge on any atom is -0.477 e. The van der Waals surface area contributed by atoms with Crippen LogP contribution in [0.3, 0.4) is 0 Å². The summed E-state index contributed by atoms with van der Waals surface area (Å²) in [6, 6.07) is -0.271. The predicted molar refractivity (Wildman–Crippen MR) is 72.9 cm³/mol. The number of β-amino-alcohol motifs (C(OH)–C–C–N with tert-alkyl or cyclic N) is 1. The van der Waals surface area contributed by atoms with E-state index in [1.54, 1.807) is 18.7 Å². The molecule has 8 heteroatoms. The Morgan fingerprint density at radius 3 is 2.75 bits per heavy atom. The van der Waals surface area contributed by atoms with Crippen LogP contribution in [-0.2, 0) is 6.54 Å². The number of nitrogens with one attached hydrogen (secondary N) is 1. The van der Waals surface area contributed by atoms with Crippen molar-refractivity contribution < 1.29 is 19.8 Å². The number of thiazole rings is 1. The molecule has 3 N–H and O–H groups in total. The number of rotatable bonds is 3. The van der Waals surface area contributed by atoms with Gasteiger partial charge in [0.05, 0.1) is 24.4 Å². The number of urea groups is 1. The lowest BCUT2D eigenvalue weighted by molar-refractivity contribution is 0.0699. The third kappa shape index (κ3) is 3.26. The fourth-order valence-electron chi connectivity index (χ4n) is 2.11. The summed E-state index contributed by atoms with van der Waals surface area (Å²) in [6.07, 6.45) is 0.555. The van der Waals surface area contributed by atoms with Crippen LogP contribution in [0.1, 0.15) is 33.7 Å². The number of carbonyl (C=O) groups excluding carboxylic acids is 1. The molecule has 1 unspecified atom stereocenters. The second-order valence-electron chi connectivity index (χ2n) is 5.15. The number of nitrogens with zero attached hydrogens (tertiary/aromatic N) is 2. The molecule has 7 nitrogen and oxygen atoms in total. The maximum atomic E-state index is 11.9. The van der Waals surface area contributed by atoms with E-state index in [4.69, 9.17) is 5.11 Å². The molecule has 1 aliphatic heterocycles. The number of aryl methyl sites for hydroxylation is 1. The number of carbonyl (C=O) groups is 2. The van der Waals surface area contributed by atoms with E-state index in [0.29, 0.717) is 30.2 Å². The van der Waals surface area contributed by atoms with E-state index in [1.807, 2.05) is 0 Å². The van der Waals surface area contributed by atoms with Gasteiger partial charge in [0.1, 0.15) is 9.88 Å². The Morgan fingerprint density at radius 1 is 1.55 bits per heavy atom. The first-order valence-electron chi connectivity index (χ1n) is 6.23. The zero-order chi connectivity index (χ0) is 14.9. The molecule has 1 atom stereocenters. The number of amides is 2. The Balaban J connectivity index is 1.91. The smallest absolute Gasteiger partial charge is 0.347 e. The van der Waals surface area contributed by atoms with Gasteiger partial charge >= 0.3 is 12.0 Å². The molecule has 1 aromatic heterocycles. The summed E-state index contributed by atoms with van der Waals surface area (Å²) in [6.45, 7) is 4.33. The maximum absolute atomic E-state index is 11.9. The van der Waals surface area contributed by atoms with Gasteiger partial charge in [0, 0.05) is 6.54 Å². The topological polar surface area (TPSA) is 103 Å². The van der Waals surface area contributed by atoms with Crippen LogP contribution < -0.4 is 5.32 Å². The van der Waals surface area contributed by atoms with Crippen LogP contribution in [0.15, 0.2) is 0 Å². The second-order valence-corrected chi connectivity index (χ2v) is 6.24. The molecule has 0 spiro atoms. The van der Waals surface area contributed by atoms with E-state index >= 15 is 0 Å². The Labute approximate surface area is 120 Å². The largest absolute Gasteiger partial charge is 0.477 e. The first-order valence-corrected chi connectivity index (χ1v) is 7.05. The van der Waals surface area contributed by atoms with Crippen LogP contribution >= 0.6 is 11.3 Å². The van der Waals surface area contributed by atoms with Gasteiger partial charge < -0.3 is 20.4 Å². The number of hydrogen-bond donors (Lipinski definition) is 3. The van der Waals surface area contributed by atoms with Gasteiger partial charge in [-0.05, 0) is 20.3 Å². The van der Waals surface area contributed by atoms with Crippen molar-refractivity contribution in [3.63, 3.8) is 0 Å². The molecular weight excluding hydrogens is 282 g/mol. The van der Waals surface area contributed by atoms with Crippen molar-refractivity contribution in [2.45, 2.75) is 32.4 Å². The van der Waals surface area contributed by atoms with Gasteiger partial charge in [-0.1, -0.05) is 0 Å². The summed E-state index contributed by atoms with van der Waals surface area (Å²) < 4.78 is 0. The van der Waals surface area contributed by atoms with Crippen molar-refractivity contribution in [2.75, 3.05) is 13.1 Å². The average Bonchev–Trinajstić information content (AvgIpc) is 2.89. The van der Waals surface area contributed by atoms with Crippen molar-refractivity contribution in [3.05, 3.63) is 15.6 Å². The molecule has 1 saturated heterocycles. The van der Waals surface area contributed by atoms with Gasteiger partial charge in [-0.25, -0.2) is 14.6 Å². The second kappa shape index (κ2) is 5.37. The molecule has 0 bridgehead atoms. The summed E-state index contributed by atoms with van der Waals surface area (Å²) in [5.41, 5.74) is -0.373. The zero-order valence-electron chi connectivity index (χ0n) is 11.3. The highest BCUT2D eigenvalue weighted by Gasteiger charge is 2.33. The quantitative estimate of drug-likeness (QED) is 0.766. The highest BCUT2D eigenvalue weighted by molar-refractivity contribution is 7.13. The SMILES string of the molecule is Cc1nc(CNC(=O)N2CCC(C)(O)C2)sc1C(=O)O. The molecule has 20 heavy (non-hydrogen) atoms. The van der Waals surface area contributed by atoms with Gasteiger partial charge in [0.15, 0.2) is 0 Å². The highest BCUT2D eigenvalue weighted by atomic mass is 32.1. The lowest BCUT2D eigenvalue weighted by Gasteiger charge is -2.19. The normalized spacial score (nSPS) is 22.1. The van der Waals surface area contributed by atoms with Crippen molar-refractivity contribution in [1.29, 1.82) is 0 Å². The van der Waals surface area contributed by atoms with Crippen LogP contribution in [0.5, 0.6) is 0 Å². The van der Waals surface area contributed by atoms with Crippen molar-refractivity contribution in [1.82, 2.24) is 15.2 Å². The highest BCUT2D eigenvalue weighted by Crippen LogP contribution is 2.21. The summed E-state index contributed by atoms with van der Waals surface area (Å²) in [4.78, 5) is 28.6. The third-order valence-corrected chi connectivity index (χ3v) is 4.31. The molecular formula is C12H17N3O4S. The first-order chi connectivity index (χ1) is 9.28. The third-order valence-electron chi connectivity index (χ3n) is 3.16. The fourth-order valence-corrected chi connectivity index (χ4v) is 2.95. The number of hydrogen-bond acceptors (Lipinski definition) is 5. The summed E-state index contributed by atoms with van der Waals surface area (Å²) >= 11 is 1.06. The average molecular weight is 299 g/mol. The Kier molecular flexibility index (Phi) is 3.96. The number of aliphatic hydroxyl groups is 1. The monoisotopic (exact) mass is 299 g/mol. The van der Waals surface area contributed by atoms with E-state index in [9.17, 15) is 14.7 Å². The van der Waals surface area contributed by atoms with Crippen molar-refractivity contribution in [3.8, 4) is 0 Å². The Morgan fingerprint density at radius 2 is 2.25 bits per heavy atom. The van der Waals surface area contributed by atoms with E-state index < -0.39 is 11.6 Å². The van der Waals surface area contributed by atoms with Crippen LogP contribution in [0.4, 0.5) is 4.79 Å². The minimum atomic E-state index is -1.01.